The molecule has 0 spiro atoms. The summed E-state index contributed by atoms with van der Waals surface area (Å²) in [7, 11) is 1.56. The van der Waals surface area contributed by atoms with Gasteiger partial charge in [0.25, 0.3) is 0 Å². The van der Waals surface area contributed by atoms with Gasteiger partial charge in [0.05, 0.1) is 5.69 Å². The topological polar surface area (TPSA) is 65.7 Å². The average Bonchev–Trinajstić information content (AvgIpc) is 3.43. The van der Waals surface area contributed by atoms with Crippen molar-refractivity contribution in [3.05, 3.63) is 45.9 Å². The Kier molecular flexibility index (Phi) is 6.27. The minimum Gasteiger partial charge on any atom is -0.443 e. The van der Waals surface area contributed by atoms with Crippen LogP contribution in [-0.2, 0) is 16.1 Å². The van der Waals surface area contributed by atoms with E-state index in [1.807, 2.05) is 32.9 Å². The summed E-state index contributed by atoms with van der Waals surface area (Å²) in [4.78, 5) is 21.4. The first kappa shape index (κ1) is 22.0. The van der Waals surface area contributed by atoms with Crippen LogP contribution in [0.5, 0.6) is 0 Å². The minimum absolute atomic E-state index is 0.159. The number of aliphatic imine (C=N–C) groups is 1. The molecule has 30 heavy (non-hydrogen) atoms. The van der Waals surface area contributed by atoms with Gasteiger partial charge in [-0.15, -0.1) is 0 Å². The third kappa shape index (κ3) is 4.87. The van der Waals surface area contributed by atoms with Gasteiger partial charge in [-0.25, -0.2) is 19.3 Å². The molecule has 1 heterocycles. The van der Waals surface area contributed by atoms with E-state index in [4.69, 9.17) is 9.47 Å². The zero-order valence-corrected chi connectivity index (χ0v) is 18.8. The highest BCUT2D eigenvalue weighted by molar-refractivity contribution is 5.83. The number of hydrogen-bond acceptors (Lipinski definition) is 5. The summed E-state index contributed by atoms with van der Waals surface area (Å²) in [5.74, 6) is 1.41. The van der Waals surface area contributed by atoms with Crippen LogP contribution in [0, 0.1) is 13.8 Å². The molecule has 0 N–H and O–H groups in total. The van der Waals surface area contributed by atoms with Gasteiger partial charge in [-0.05, 0) is 88.4 Å². The van der Waals surface area contributed by atoms with E-state index in [0.29, 0.717) is 23.3 Å². The Morgan fingerprint density at radius 3 is 2.50 bits per heavy atom. The molecule has 0 unspecified atom stereocenters. The molecule has 0 bridgehead atoms. The fourth-order valence-electron chi connectivity index (χ4n) is 3.39. The lowest BCUT2D eigenvalue weighted by atomic mass is 9.96. The summed E-state index contributed by atoms with van der Waals surface area (Å²) in [6.45, 7) is 13.5. The first-order valence-electron chi connectivity index (χ1n) is 10.2. The predicted octanol–water partition coefficient (Wildman–Crippen LogP) is 5.81. The molecule has 6 heteroatoms. The maximum atomic E-state index is 13.0. The monoisotopic (exact) mass is 409 g/mol. The number of carbonyl (C=O) groups excluding carboxylic acids is 1. The smallest absolute Gasteiger partial charge is 0.420 e. The molecule has 1 saturated carbocycles. The SMILES string of the molecule is C=Nc1nc(COC)n(C(=O)OC(C)(C)C)c1/C=C\c1cc(C)c(C)cc1C1CC1. The number of methoxy groups -OCH3 is 1. The van der Waals surface area contributed by atoms with Crippen molar-refractivity contribution < 1.29 is 14.3 Å². The summed E-state index contributed by atoms with van der Waals surface area (Å²) in [6, 6.07) is 4.48. The number of nitrogens with zero attached hydrogens (tertiary/aromatic N) is 3. The van der Waals surface area contributed by atoms with Crippen LogP contribution in [-0.4, -0.2) is 35.1 Å². The van der Waals surface area contributed by atoms with Crippen LogP contribution in [0.25, 0.3) is 12.2 Å². The highest BCUT2D eigenvalue weighted by Crippen LogP contribution is 2.43. The van der Waals surface area contributed by atoms with Crippen LogP contribution in [0.2, 0.25) is 0 Å². The molecule has 3 rings (SSSR count). The summed E-state index contributed by atoms with van der Waals surface area (Å²) < 4.78 is 12.3. The summed E-state index contributed by atoms with van der Waals surface area (Å²) in [6.07, 6.45) is 5.83. The molecule has 0 atom stereocenters. The van der Waals surface area contributed by atoms with E-state index in [9.17, 15) is 4.79 Å². The highest BCUT2D eigenvalue weighted by Gasteiger charge is 2.27. The van der Waals surface area contributed by atoms with Crippen LogP contribution >= 0.6 is 0 Å². The molecular formula is C24H31N3O3. The maximum Gasteiger partial charge on any atom is 0.420 e. The van der Waals surface area contributed by atoms with Crippen molar-refractivity contribution in [3.63, 3.8) is 0 Å². The first-order valence-corrected chi connectivity index (χ1v) is 10.2. The molecule has 2 aromatic rings. The van der Waals surface area contributed by atoms with Crippen molar-refractivity contribution in [1.29, 1.82) is 0 Å². The fourth-order valence-corrected chi connectivity index (χ4v) is 3.39. The van der Waals surface area contributed by atoms with Crippen LogP contribution in [0.15, 0.2) is 17.1 Å². The molecule has 160 valence electrons. The predicted molar refractivity (Wildman–Crippen MR) is 121 cm³/mol. The Morgan fingerprint density at radius 1 is 1.27 bits per heavy atom. The second-order valence-electron chi connectivity index (χ2n) is 8.82. The van der Waals surface area contributed by atoms with E-state index in [-0.39, 0.29) is 6.61 Å². The van der Waals surface area contributed by atoms with Gasteiger partial charge in [-0.2, -0.15) is 0 Å². The molecular weight excluding hydrogens is 378 g/mol. The molecule has 0 radical (unpaired) electrons. The van der Waals surface area contributed by atoms with Gasteiger partial charge in [-0.1, -0.05) is 18.2 Å². The molecule has 1 aromatic carbocycles. The van der Waals surface area contributed by atoms with Crippen molar-refractivity contribution in [2.75, 3.05) is 7.11 Å². The lowest BCUT2D eigenvalue weighted by Crippen LogP contribution is -2.28. The minimum atomic E-state index is -0.637. The second-order valence-corrected chi connectivity index (χ2v) is 8.82. The second kappa shape index (κ2) is 8.56. The van der Waals surface area contributed by atoms with E-state index in [1.54, 1.807) is 7.11 Å². The average molecular weight is 410 g/mol. The summed E-state index contributed by atoms with van der Waals surface area (Å²) in [5, 5.41) is 0. The Bertz CT molecular complexity index is 992. The van der Waals surface area contributed by atoms with E-state index in [2.05, 4.69) is 42.7 Å². The fraction of sp³-hybridized carbons (Fsp3) is 0.458. The zero-order chi connectivity index (χ0) is 22.1. The van der Waals surface area contributed by atoms with Crippen LogP contribution < -0.4 is 0 Å². The molecule has 6 nitrogen and oxygen atoms in total. The number of benzene rings is 1. The maximum absolute atomic E-state index is 13.0. The molecule has 0 aliphatic heterocycles. The van der Waals surface area contributed by atoms with E-state index in [1.165, 1.54) is 34.1 Å². The number of ether oxygens (including phenoxy) is 2. The van der Waals surface area contributed by atoms with Crippen LogP contribution in [0.4, 0.5) is 10.6 Å². The Balaban J connectivity index is 2.08. The quantitative estimate of drug-likeness (QED) is 0.565. The molecule has 0 amide bonds. The molecule has 1 aliphatic rings. The summed E-state index contributed by atoms with van der Waals surface area (Å²) >= 11 is 0. The van der Waals surface area contributed by atoms with Crippen molar-refractivity contribution in [3.8, 4) is 0 Å². The summed E-state index contributed by atoms with van der Waals surface area (Å²) in [5.41, 5.74) is 4.93. The Hall–Kier alpha value is -2.73. The van der Waals surface area contributed by atoms with Gasteiger partial charge in [0, 0.05) is 7.11 Å². The number of aromatic nitrogens is 2. The normalized spacial score (nSPS) is 14.3. The number of rotatable bonds is 6. The molecule has 1 aliphatic carbocycles. The number of carbonyl (C=O) groups is 1. The third-order valence-electron chi connectivity index (χ3n) is 5.10. The van der Waals surface area contributed by atoms with Gasteiger partial charge in [0.2, 0.25) is 0 Å². The van der Waals surface area contributed by atoms with Gasteiger partial charge in [-0.3, -0.25) is 0 Å². The van der Waals surface area contributed by atoms with Gasteiger partial charge in [0.15, 0.2) is 5.82 Å². The highest BCUT2D eigenvalue weighted by atomic mass is 16.6. The Labute approximate surface area is 178 Å². The number of imidazole rings is 1. The van der Waals surface area contributed by atoms with Crippen LogP contribution in [0.1, 0.15) is 73.3 Å². The largest absolute Gasteiger partial charge is 0.443 e. The van der Waals surface area contributed by atoms with Crippen molar-refractivity contribution in [1.82, 2.24) is 9.55 Å². The van der Waals surface area contributed by atoms with E-state index < -0.39 is 11.7 Å². The standard InChI is InChI=1S/C24H31N3O3/c1-15-12-18(19(13-16(15)2)17-8-9-17)10-11-20-22(25-6)26-21(14-29-7)27(20)23(28)30-24(3,4)5/h10-13,17H,6,8-9,14H2,1-5,7H3/b11-10-. The number of hydrogen-bond donors (Lipinski definition) is 0. The van der Waals surface area contributed by atoms with Gasteiger partial charge in [0.1, 0.15) is 18.0 Å². The zero-order valence-electron chi connectivity index (χ0n) is 18.8. The third-order valence-corrected chi connectivity index (χ3v) is 5.10. The van der Waals surface area contributed by atoms with Gasteiger partial charge >= 0.3 is 6.09 Å². The number of aryl methyl sites for hydroxylation is 2. The van der Waals surface area contributed by atoms with Gasteiger partial charge < -0.3 is 9.47 Å². The molecule has 1 aromatic heterocycles. The van der Waals surface area contributed by atoms with Crippen LogP contribution in [0.3, 0.4) is 0 Å². The van der Waals surface area contributed by atoms with Crippen molar-refractivity contribution in [2.24, 2.45) is 4.99 Å². The lowest BCUT2D eigenvalue weighted by Gasteiger charge is -2.20. The first-order chi connectivity index (χ1) is 14.1. The Morgan fingerprint density at radius 2 is 1.93 bits per heavy atom. The molecule has 0 saturated heterocycles. The lowest BCUT2D eigenvalue weighted by molar-refractivity contribution is 0.0518. The van der Waals surface area contributed by atoms with E-state index >= 15 is 0 Å². The molecule has 1 fully saturated rings. The van der Waals surface area contributed by atoms with Crippen molar-refractivity contribution in [2.45, 2.75) is 65.6 Å². The van der Waals surface area contributed by atoms with E-state index in [0.717, 1.165) is 5.56 Å². The van der Waals surface area contributed by atoms with Crippen molar-refractivity contribution >= 4 is 30.8 Å².